The van der Waals surface area contributed by atoms with E-state index in [-0.39, 0.29) is 22.8 Å². The Morgan fingerprint density at radius 2 is 1.79 bits per heavy atom. The number of benzene rings is 1. The van der Waals surface area contributed by atoms with Crippen LogP contribution >= 0.6 is 0 Å². The number of ether oxygens (including phenoxy) is 2. The van der Waals surface area contributed by atoms with Gasteiger partial charge in [0.15, 0.2) is 11.6 Å². The molecule has 1 aromatic rings. The Morgan fingerprint density at radius 1 is 1.08 bits per heavy atom. The Balaban J connectivity index is 1.68. The fourth-order valence-corrected chi connectivity index (χ4v) is 4.54. The molecular weight excluding hydrogens is 333 g/mol. The molecule has 1 aliphatic carbocycles. The molecule has 1 saturated heterocycles. The zero-order chi connectivity index (χ0) is 17.0. The van der Waals surface area contributed by atoms with Gasteiger partial charge in [-0.05, 0) is 31.0 Å². The molecule has 2 aliphatic rings. The van der Waals surface area contributed by atoms with E-state index in [1.165, 1.54) is 12.1 Å². The average Bonchev–Trinajstić information content (AvgIpc) is 2.58. The Bertz CT molecular complexity index is 653. The molecule has 1 saturated carbocycles. The molecule has 0 atom stereocenters. The molecule has 0 amide bonds. The topological polar surface area (TPSA) is 64.6 Å². The minimum absolute atomic E-state index is 0.0509. The monoisotopic (exact) mass is 357 g/mol. The normalized spacial score (nSPS) is 20.9. The Kier molecular flexibility index (Phi) is 5.73. The van der Waals surface area contributed by atoms with E-state index in [1.807, 2.05) is 0 Å². The van der Waals surface area contributed by atoms with Crippen molar-refractivity contribution in [1.82, 2.24) is 4.72 Å². The molecule has 24 heavy (non-hydrogen) atoms. The van der Waals surface area contributed by atoms with Crippen molar-refractivity contribution in [1.29, 1.82) is 0 Å². The summed E-state index contributed by atoms with van der Waals surface area (Å²) >= 11 is 0. The molecular formula is C17H24FNO4S. The molecule has 134 valence electrons. The van der Waals surface area contributed by atoms with Crippen molar-refractivity contribution in [2.24, 2.45) is 0 Å². The lowest BCUT2D eigenvalue weighted by molar-refractivity contribution is 0.0240. The molecule has 1 aromatic carbocycles. The van der Waals surface area contributed by atoms with Crippen LogP contribution in [-0.2, 0) is 14.8 Å². The predicted molar refractivity (Wildman–Crippen MR) is 88.1 cm³/mol. The molecule has 1 N–H and O–H groups in total. The van der Waals surface area contributed by atoms with Gasteiger partial charge in [-0.1, -0.05) is 19.3 Å². The van der Waals surface area contributed by atoms with E-state index in [4.69, 9.17) is 9.47 Å². The summed E-state index contributed by atoms with van der Waals surface area (Å²) in [5, 5.41) is 0. The van der Waals surface area contributed by atoms with Crippen LogP contribution in [0.4, 0.5) is 4.39 Å². The summed E-state index contributed by atoms with van der Waals surface area (Å²) in [6.07, 6.45) is 6.21. The predicted octanol–water partition coefficient (Wildman–Crippen LogP) is 2.99. The van der Waals surface area contributed by atoms with Crippen molar-refractivity contribution < 1.29 is 22.3 Å². The molecule has 0 radical (unpaired) electrons. The van der Waals surface area contributed by atoms with Crippen LogP contribution in [0.5, 0.6) is 5.75 Å². The minimum atomic E-state index is -3.70. The van der Waals surface area contributed by atoms with Gasteiger partial charge in [-0.15, -0.1) is 0 Å². The molecule has 3 rings (SSSR count). The number of rotatable bonds is 5. The second kappa shape index (κ2) is 7.80. The number of halogens is 1. The minimum Gasteiger partial charge on any atom is -0.487 e. The molecule has 1 aliphatic heterocycles. The summed E-state index contributed by atoms with van der Waals surface area (Å²) in [7, 11) is -3.70. The first kappa shape index (κ1) is 17.6. The smallest absolute Gasteiger partial charge is 0.240 e. The van der Waals surface area contributed by atoms with Gasteiger partial charge in [-0.25, -0.2) is 17.5 Å². The Hall–Kier alpha value is -1.18. The van der Waals surface area contributed by atoms with Gasteiger partial charge in [0, 0.05) is 18.9 Å². The lowest BCUT2D eigenvalue weighted by Crippen LogP contribution is -2.36. The first-order valence-corrected chi connectivity index (χ1v) is 10.1. The van der Waals surface area contributed by atoms with E-state index in [0.29, 0.717) is 26.1 Å². The van der Waals surface area contributed by atoms with Crippen molar-refractivity contribution >= 4 is 10.0 Å². The molecule has 0 aromatic heterocycles. The van der Waals surface area contributed by atoms with E-state index in [1.54, 1.807) is 0 Å². The number of sulfonamides is 1. The van der Waals surface area contributed by atoms with Crippen molar-refractivity contribution in [3.05, 3.63) is 24.0 Å². The van der Waals surface area contributed by atoms with E-state index in [9.17, 15) is 12.8 Å². The maximum atomic E-state index is 14.3. The van der Waals surface area contributed by atoms with E-state index < -0.39 is 15.8 Å². The van der Waals surface area contributed by atoms with Crippen molar-refractivity contribution in [3.63, 3.8) is 0 Å². The maximum Gasteiger partial charge on any atom is 0.240 e. The highest BCUT2D eigenvalue weighted by Gasteiger charge is 2.24. The summed E-state index contributed by atoms with van der Waals surface area (Å²) in [5.41, 5.74) is 0. The fraction of sp³-hybridized carbons (Fsp3) is 0.647. The highest BCUT2D eigenvalue weighted by Crippen LogP contribution is 2.25. The second-order valence-corrected chi connectivity index (χ2v) is 8.19. The van der Waals surface area contributed by atoms with E-state index >= 15 is 0 Å². The first-order valence-electron chi connectivity index (χ1n) is 8.61. The highest BCUT2D eigenvalue weighted by molar-refractivity contribution is 7.89. The summed E-state index contributed by atoms with van der Waals surface area (Å²) < 4.78 is 52.7. The molecule has 5 nitrogen and oxygen atoms in total. The third-order valence-electron chi connectivity index (χ3n) is 4.60. The summed E-state index contributed by atoms with van der Waals surface area (Å²) in [5.74, 6) is -0.550. The Labute approximate surface area is 142 Å². The van der Waals surface area contributed by atoms with Crippen LogP contribution in [0.2, 0.25) is 0 Å². The van der Waals surface area contributed by atoms with Gasteiger partial charge < -0.3 is 9.47 Å². The van der Waals surface area contributed by atoms with Gasteiger partial charge in [0.1, 0.15) is 6.10 Å². The van der Waals surface area contributed by atoms with E-state index in [0.717, 1.165) is 38.2 Å². The van der Waals surface area contributed by atoms with Gasteiger partial charge in [-0.2, -0.15) is 0 Å². The van der Waals surface area contributed by atoms with Crippen LogP contribution < -0.4 is 9.46 Å². The van der Waals surface area contributed by atoms with Crippen LogP contribution in [0.25, 0.3) is 0 Å². The zero-order valence-electron chi connectivity index (χ0n) is 13.7. The second-order valence-electron chi connectivity index (χ2n) is 6.48. The fourth-order valence-electron chi connectivity index (χ4n) is 3.23. The van der Waals surface area contributed by atoms with Crippen LogP contribution in [0.1, 0.15) is 44.9 Å². The maximum absolute atomic E-state index is 14.3. The molecule has 1 heterocycles. The average molecular weight is 357 g/mol. The summed E-state index contributed by atoms with van der Waals surface area (Å²) in [4.78, 5) is -0.0510. The van der Waals surface area contributed by atoms with Crippen LogP contribution in [0.15, 0.2) is 23.1 Å². The largest absolute Gasteiger partial charge is 0.487 e. The third-order valence-corrected chi connectivity index (χ3v) is 6.12. The van der Waals surface area contributed by atoms with Crippen molar-refractivity contribution in [2.75, 3.05) is 13.2 Å². The van der Waals surface area contributed by atoms with Gasteiger partial charge in [0.25, 0.3) is 0 Å². The zero-order valence-corrected chi connectivity index (χ0v) is 14.5. The van der Waals surface area contributed by atoms with Gasteiger partial charge >= 0.3 is 0 Å². The van der Waals surface area contributed by atoms with Crippen LogP contribution in [-0.4, -0.2) is 33.8 Å². The van der Waals surface area contributed by atoms with Crippen molar-refractivity contribution in [2.45, 2.75) is 62.0 Å². The molecule has 0 spiro atoms. The third kappa shape index (κ3) is 4.46. The lowest BCUT2D eigenvalue weighted by atomic mass is 9.96. The quantitative estimate of drug-likeness (QED) is 0.880. The van der Waals surface area contributed by atoms with Gasteiger partial charge in [0.2, 0.25) is 10.0 Å². The summed E-state index contributed by atoms with van der Waals surface area (Å²) in [6.45, 7) is 1.20. The Morgan fingerprint density at radius 3 is 2.46 bits per heavy atom. The number of hydrogen-bond donors (Lipinski definition) is 1. The van der Waals surface area contributed by atoms with Crippen molar-refractivity contribution in [3.8, 4) is 5.75 Å². The van der Waals surface area contributed by atoms with Gasteiger partial charge in [-0.3, -0.25) is 0 Å². The standard InChI is InChI=1S/C17H24FNO4S/c18-16-12-15(24(20,21)19-13-4-2-1-3-5-13)6-7-17(16)23-14-8-10-22-11-9-14/h6-7,12-14,19H,1-5,8-11H2. The number of nitrogens with one attached hydrogen (secondary N) is 1. The lowest BCUT2D eigenvalue weighted by Gasteiger charge is -2.24. The highest BCUT2D eigenvalue weighted by atomic mass is 32.2. The molecule has 0 unspecified atom stereocenters. The SMILES string of the molecule is O=S(=O)(NC1CCCCC1)c1ccc(OC2CCOCC2)c(F)c1. The molecule has 0 bridgehead atoms. The van der Waals surface area contributed by atoms with Gasteiger partial charge in [0.05, 0.1) is 18.1 Å². The number of hydrogen-bond acceptors (Lipinski definition) is 4. The molecule has 2 fully saturated rings. The first-order chi connectivity index (χ1) is 11.5. The molecule has 7 heteroatoms. The van der Waals surface area contributed by atoms with Crippen LogP contribution in [0.3, 0.4) is 0 Å². The summed E-state index contributed by atoms with van der Waals surface area (Å²) in [6, 6.07) is 3.80. The van der Waals surface area contributed by atoms with E-state index in [2.05, 4.69) is 4.72 Å². The van der Waals surface area contributed by atoms with Crippen LogP contribution in [0, 0.1) is 5.82 Å².